The molecule has 1 N–H and O–H groups in total. The van der Waals surface area contributed by atoms with Crippen molar-refractivity contribution in [2.75, 3.05) is 70.5 Å². The minimum Gasteiger partial charge on any atom is -0.497 e. The predicted molar refractivity (Wildman–Crippen MR) is 139 cm³/mol. The fraction of sp³-hybridized carbons (Fsp3) is 0.500. The van der Waals surface area contributed by atoms with Gasteiger partial charge < -0.3 is 33.9 Å². The lowest BCUT2D eigenvalue weighted by atomic mass is 10.1. The molecule has 0 saturated carbocycles. The van der Waals surface area contributed by atoms with Crippen LogP contribution in [0.2, 0.25) is 0 Å². The van der Waals surface area contributed by atoms with Crippen molar-refractivity contribution in [3.05, 3.63) is 35.5 Å². The molecule has 3 rings (SSSR count). The second kappa shape index (κ2) is 12.5. The molecule has 1 unspecified atom stereocenters. The molecule has 1 saturated heterocycles. The van der Waals surface area contributed by atoms with E-state index in [1.54, 1.807) is 52.0 Å². The summed E-state index contributed by atoms with van der Waals surface area (Å²) in [5.41, 5.74) is 2.33. The molecule has 11 heteroatoms. The number of ether oxygens (including phenoxy) is 4. The molecule has 0 aliphatic carbocycles. The zero-order chi connectivity index (χ0) is 27.1. The van der Waals surface area contributed by atoms with E-state index in [1.165, 1.54) is 12.0 Å². The Bertz CT molecular complexity index is 1080. The lowest BCUT2D eigenvalue weighted by molar-refractivity contribution is -0.141. The van der Waals surface area contributed by atoms with E-state index in [1.807, 2.05) is 12.1 Å². The smallest absolute Gasteiger partial charge is 0.326 e. The van der Waals surface area contributed by atoms with E-state index in [2.05, 4.69) is 9.88 Å². The number of aryl methyl sites for hydroxylation is 1. The molecule has 1 aliphatic heterocycles. The Kier molecular flexibility index (Phi) is 9.40. The number of pyridine rings is 1. The number of esters is 1. The molecular formula is C26H36N4O7. The SMILES string of the molecule is CCOC(=O)CN(C(=O)N1CCN(c2cc(OC)cc(OC)c2)CC1)c1cc(C(C)O)c(C)nc1OC. The van der Waals surface area contributed by atoms with Crippen LogP contribution in [-0.2, 0) is 9.53 Å². The normalized spacial score (nSPS) is 14.1. The summed E-state index contributed by atoms with van der Waals surface area (Å²) in [5.74, 6) is 0.989. The number of hydrogen-bond acceptors (Lipinski definition) is 9. The number of aliphatic hydroxyl groups excluding tert-OH is 1. The Hall–Kier alpha value is -3.73. The highest BCUT2D eigenvalue weighted by atomic mass is 16.5. The van der Waals surface area contributed by atoms with Crippen molar-refractivity contribution in [1.29, 1.82) is 0 Å². The molecular weight excluding hydrogens is 480 g/mol. The molecule has 2 aromatic rings. The fourth-order valence-corrected chi connectivity index (χ4v) is 4.25. The number of urea groups is 1. The van der Waals surface area contributed by atoms with Gasteiger partial charge in [-0.25, -0.2) is 9.78 Å². The van der Waals surface area contributed by atoms with E-state index in [0.29, 0.717) is 54.6 Å². The average Bonchev–Trinajstić information content (AvgIpc) is 2.91. The molecule has 0 bridgehead atoms. The molecule has 0 radical (unpaired) electrons. The van der Waals surface area contributed by atoms with Gasteiger partial charge in [0.1, 0.15) is 23.7 Å². The standard InChI is InChI=1S/C26H36N4O7/c1-7-37-24(32)16-30(23-15-22(18(3)31)17(2)27-25(23)36-6)26(33)29-10-8-28(9-11-29)19-12-20(34-4)14-21(13-19)35-5/h12-15,18,31H,7-11,16H2,1-6H3. The molecule has 202 valence electrons. The van der Waals surface area contributed by atoms with Crippen molar-refractivity contribution in [1.82, 2.24) is 9.88 Å². The van der Waals surface area contributed by atoms with Crippen LogP contribution in [0.4, 0.5) is 16.2 Å². The highest BCUT2D eigenvalue weighted by molar-refractivity contribution is 5.98. The van der Waals surface area contributed by atoms with Gasteiger partial charge in [-0.15, -0.1) is 0 Å². The van der Waals surface area contributed by atoms with Crippen molar-refractivity contribution in [3.63, 3.8) is 0 Å². The number of benzene rings is 1. The van der Waals surface area contributed by atoms with E-state index >= 15 is 0 Å². The van der Waals surface area contributed by atoms with Gasteiger partial charge in [0.2, 0.25) is 5.88 Å². The maximum Gasteiger partial charge on any atom is 0.326 e. The van der Waals surface area contributed by atoms with Crippen molar-refractivity contribution in [3.8, 4) is 17.4 Å². The van der Waals surface area contributed by atoms with Gasteiger partial charge >= 0.3 is 12.0 Å². The van der Waals surface area contributed by atoms with E-state index in [-0.39, 0.29) is 25.1 Å². The van der Waals surface area contributed by atoms with Crippen molar-refractivity contribution >= 4 is 23.4 Å². The first-order valence-electron chi connectivity index (χ1n) is 12.2. The van der Waals surface area contributed by atoms with Crippen LogP contribution in [0.25, 0.3) is 0 Å². The summed E-state index contributed by atoms with van der Waals surface area (Å²) < 4.78 is 21.3. The van der Waals surface area contributed by atoms with Crippen LogP contribution in [0.5, 0.6) is 17.4 Å². The molecule has 0 spiro atoms. The third-order valence-electron chi connectivity index (χ3n) is 6.21. The second-order valence-electron chi connectivity index (χ2n) is 8.59. The number of amides is 2. The highest BCUT2D eigenvalue weighted by Gasteiger charge is 2.31. The summed E-state index contributed by atoms with van der Waals surface area (Å²) in [6, 6.07) is 6.92. The lowest BCUT2D eigenvalue weighted by Gasteiger charge is -2.38. The van der Waals surface area contributed by atoms with Gasteiger partial charge in [0.15, 0.2) is 0 Å². The molecule has 1 aliphatic rings. The predicted octanol–water partition coefficient (Wildman–Crippen LogP) is 2.78. The Morgan fingerprint density at radius 1 is 1.03 bits per heavy atom. The van der Waals surface area contributed by atoms with E-state index in [4.69, 9.17) is 18.9 Å². The topological polar surface area (TPSA) is 114 Å². The Balaban J connectivity index is 1.87. The largest absolute Gasteiger partial charge is 0.497 e. The van der Waals surface area contributed by atoms with Gasteiger partial charge in [-0.2, -0.15) is 0 Å². The molecule has 1 atom stereocenters. The first-order chi connectivity index (χ1) is 17.7. The molecule has 37 heavy (non-hydrogen) atoms. The summed E-state index contributed by atoms with van der Waals surface area (Å²) in [6.07, 6.45) is -0.819. The van der Waals surface area contributed by atoms with Gasteiger partial charge in [-0.05, 0) is 26.8 Å². The summed E-state index contributed by atoms with van der Waals surface area (Å²) in [7, 11) is 4.65. The number of aliphatic hydroxyl groups is 1. The number of hydrogen-bond donors (Lipinski definition) is 1. The van der Waals surface area contributed by atoms with Crippen LogP contribution in [0.15, 0.2) is 24.3 Å². The molecule has 1 aromatic carbocycles. The van der Waals surface area contributed by atoms with Crippen molar-refractivity contribution in [2.45, 2.75) is 26.9 Å². The third kappa shape index (κ3) is 6.53. The summed E-state index contributed by atoms with van der Waals surface area (Å²) in [5, 5.41) is 10.2. The zero-order valence-electron chi connectivity index (χ0n) is 22.3. The highest BCUT2D eigenvalue weighted by Crippen LogP contribution is 2.33. The average molecular weight is 517 g/mol. The number of methoxy groups -OCH3 is 3. The quantitative estimate of drug-likeness (QED) is 0.503. The number of carbonyl (C=O) groups excluding carboxylic acids is 2. The van der Waals surface area contributed by atoms with Crippen LogP contribution < -0.4 is 24.0 Å². The summed E-state index contributed by atoms with van der Waals surface area (Å²) in [4.78, 5) is 35.8. The number of carbonyl (C=O) groups is 2. The molecule has 11 nitrogen and oxygen atoms in total. The van der Waals surface area contributed by atoms with E-state index < -0.39 is 12.1 Å². The first-order valence-corrected chi connectivity index (χ1v) is 12.2. The first kappa shape index (κ1) is 27.9. The minimum absolute atomic E-state index is 0.182. The lowest BCUT2D eigenvalue weighted by Crippen LogP contribution is -2.54. The Labute approximate surface area is 217 Å². The van der Waals surface area contributed by atoms with Crippen LogP contribution in [0.1, 0.15) is 31.2 Å². The van der Waals surface area contributed by atoms with E-state index in [0.717, 1.165) is 5.69 Å². The molecule has 1 aromatic heterocycles. The molecule has 1 fully saturated rings. The van der Waals surface area contributed by atoms with E-state index in [9.17, 15) is 14.7 Å². The number of aromatic nitrogens is 1. The monoisotopic (exact) mass is 516 g/mol. The van der Waals surface area contributed by atoms with Crippen LogP contribution in [0.3, 0.4) is 0 Å². The van der Waals surface area contributed by atoms with Crippen molar-refractivity contribution < 1.29 is 33.6 Å². The van der Waals surface area contributed by atoms with Crippen LogP contribution in [0, 0.1) is 6.92 Å². The summed E-state index contributed by atoms with van der Waals surface area (Å²) in [6.45, 7) is 6.91. The fourth-order valence-electron chi connectivity index (χ4n) is 4.25. The van der Waals surface area contributed by atoms with Crippen LogP contribution >= 0.6 is 0 Å². The summed E-state index contributed by atoms with van der Waals surface area (Å²) >= 11 is 0. The van der Waals surface area contributed by atoms with Gasteiger partial charge in [0, 0.05) is 61.3 Å². The van der Waals surface area contributed by atoms with Crippen molar-refractivity contribution in [2.24, 2.45) is 0 Å². The number of piperazine rings is 1. The number of rotatable bonds is 9. The third-order valence-corrected chi connectivity index (χ3v) is 6.21. The van der Waals surface area contributed by atoms with Crippen LogP contribution in [-0.4, -0.2) is 87.7 Å². The molecule has 2 heterocycles. The Morgan fingerprint density at radius 2 is 1.65 bits per heavy atom. The number of nitrogens with zero attached hydrogens (tertiary/aromatic N) is 4. The van der Waals surface area contributed by atoms with Gasteiger partial charge in [-0.1, -0.05) is 0 Å². The zero-order valence-corrected chi connectivity index (χ0v) is 22.3. The second-order valence-corrected chi connectivity index (χ2v) is 8.59. The van der Waals surface area contributed by atoms with Gasteiger partial charge in [-0.3, -0.25) is 9.69 Å². The number of anilines is 2. The minimum atomic E-state index is -0.819. The maximum atomic E-state index is 13.8. The Morgan fingerprint density at radius 3 is 2.16 bits per heavy atom. The molecule has 2 amide bonds. The van der Waals surface area contributed by atoms with Gasteiger partial charge in [0.25, 0.3) is 0 Å². The van der Waals surface area contributed by atoms with Gasteiger partial charge in [0.05, 0.1) is 34.0 Å². The maximum absolute atomic E-state index is 13.8.